The Hall–Kier alpha value is -2.15. The number of ether oxygens (including phenoxy) is 2. The summed E-state index contributed by atoms with van der Waals surface area (Å²) in [6.45, 7) is 3.19. The third-order valence-electron chi connectivity index (χ3n) is 3.72. The lowest BCUT2D eigenvalue weighted by atomic mass is 10.2. The average Bonchev–Trinajstić information content (AvgIpc) is 3.03. The second-order valence-electron chi connectivity index (χ2n) is 5.66. The van der Waals surface area contributed by atoms with Gasteiger partial charge in [-0.25, -0.2) is 9.97 Å². The van der Waals surface area contributed by atoms with Gasteiger partial charge in [-0.1, -0.05) is 12.1 Å². The van der Waals surface area contributed by atoms with Crippen LogP contribution in [0.2, 0.25) is 0 Å². The number of amides is 1. The molecule has 1 atom stereocenters. The predicted octanol–water partition coefficient (Wildman–Crippen LogP) is 2.61. The molecule has 0 N–H and O–H groups in total. The quantitative estimate of drug-likeness (QED) is 0.783. The van der Waals surface area contributed by atoms with Gasteiger partial charge in [-0.3, -0.25) is 4.79 Å². The molecular weight excluding hydrogens is 374 g/mol. The van der Waals surface area contributed by atoms with E-state index in [4.69, 9.17) is 9.47 Å². The number of likely N-dealkylation sites (tertiary alicyclic amines) is 1. The van der Waals surface area contributed by atoms with E-state index < -0.39 is 0 Å². The van der Waals surface area contributed by atoms with Gasteiger partial charge in [-0.15, -0.1) is 0 Å². The average molecular weight is 392 g/mol. The van der Waals surface area contributed by atoms with E-state index in [0.717, 1.165) is 16.5 Å². The summed E-state index contributed by atoms with van der Waals surface area (Å²) in [5.41, 5.74) is 1.10. The summed E-state index contributed by atoms with van der Waals surface area (Å²) in [6.07, 6.45) is 3.94. The van der Waals surface area contributed by atoms with E-state index in [2.05, 4.69) is 25.9 Å². The minimum absolute atomic E-state index is 0.0327. The van der Waals surface area contributed by atoms with Gasteiger partial charge in [-0.05, 0) is 40.5 Å². The van der Waals surface area contributed by atoms with Crippen molar-refractivity contribution in [1.82, 2.24) is 14.9 Å². The molecule has 3 rings (SSSR count). The number of hydrogen-bond donors (Lipinski definition) is 0. The van der Waals surface area contributed by atoms with E-state index in [0.29, 0.717) is 24.8 Å². The van der Waals surface area contributed by atoms with E-state index in [1.54, 1.807) is 17.3 Å². The molecule has 7 heteroatoms. The molecule has 126 valence electrons. The Morgan fingerprint density at radius 1 is 1.38 bits per heavy atom. The Kier molecular flexibility index (Phi) is 5.30. The zero-order valence-electron chi connectivity index (χ0n) is 13.3. The number of halogens is 1. The highest BCUT2D eigenvalue weighted by atomic mass is 79.9. The maximum atomic E-state index is 12.3. The van der Waals surface area contributed by atoms with E-state index in [1.807, 2.05) is 31.2 Å². The zero-order chi connectivity index (χ0) is 16.9. The molecule has 0 unspecified atom stereocenters. The molecule has 2 heterocycles. The van der Waals surface area contributed by atoms with Crippen LogP contribution in [0.4, 0.5) is 0 Å². The van der Waals surface area contributed by atoms with Crippen LogP contribution >= 0.6 is 15.9 Å². The summed E-state index contributed by atoms with van der Waals surface area (Å²) in [7, 11) is 0. The lowest BCUT2D eigenvalue weighted by Crippen LogP contribution is -2.34. The molecule has 1 aromatic heterocycles. The van der Waals surface area contributed by atoms with Crippen LogP contribution in [0, 0.1) is 6.92 Å². The van der Waals surface area contributed by atoms with Gasteiger partial charge in [0.2, 0.25) is 0 Å². The molecule has 2 aromatic rings. The third-order valence-corrected chi connectivity index (χ3v) is 4.13. The summed E-state index contributed by atoms with van der Waals surface area (Å²) in [6, 6.07) is 7.98. The largest absolute Gasteiger partial charge is 0.484 e. The van der Waals surface area contributed by atoms with Crippen LogP contribution < -0.4 is 9.47 Å². The van der Waals surface area contributed by atoms with Crippen LogP contribution in [0.1, 0.15) is 12.0 Å². The molecule has 0 aliphatic carbocycles. The Labute approximate surface area is 148 Å². The first-order chi connectivity index (χ1) is 11.6. The maximum Gasteiger partial charge on any atom is 0.316 e. The molecule has 0 radical (unpaired) electrons. The standard InChI is InChI=1S/C17H18BrN3O3/c1-12-3-2-4-14(7-12)23-11-16(22)21-6-5-15(10-21)24-17-19-8-13(18)9-20-17/h2-4,7-9,15H,5-6,10-11H2,1H3/t15-/m0/s1. The fourth-order valence-electron chi connectivity index (χ4n) is 2.50. The van der Waals surface area contributed by atoms with Crippen molar-refractivity contribution in [2.75, 3.05) is 19.7 Å². The number of carbonyl (C=O) groups is 1. The normalized spacial score (nSPS) is 16.9. The topological polar surface area (TPSA) is 64.5 Å². The van der Waals surface area contributed by atoms with Crippen molar-refractivity contribution in [1.29, 1.82) is 0 Å². The highest BCUT2D eigenvalue weighted by Crippen LogP contribution is 2.17. The molecule has 6 nitrogen and oxygen atoms in total. The van der Waals surface area contributed by atoms with Crippen LogP contribution in [-0.2, 0) is 4.79 Å². The summed E-state index contributed by atoms with van der Waals surface area (Å²) in [5, 5.41) is 0. The van der Waals surface area contributed by atoms with E-state index in [1.165, 1.54) is 0 Å². The zero-order valence-corrected chi connectivity index (χ0v) is 14.9. The fourth-order valence-corrected chi connectivity index (χ4v) is 2.71. The first-order valence-corrected chi connectivity index (χ1v) is 8.51. The molecule has 0 bridgehead atoms. The first-order valence-electron chi connectivity index (χ1n) is 7.71. The Morgan fingerprint density at radius 2 is 2.17 bits per heavy atom. The Balaban J connectivity index is 1.48. The molecule has 1 aliphatic rings. The van der Waals surface area contributed by atoms with Crippen LogP contribution in [0.25, 0.3) is 0 Å². The third kappa shape index (κ3) is 4.44. The molecule has 1 saturated heterocycles. The molecule has 24 heavy (non-hydrogen) atoms. The minimum atomic E-state index is -0.0888. The van der Waals surface area contributed by atoms with Crippen molar-refractivity contribution in [3.63, 3.8) is 0 Å². The molecule has 1 aliphatic heterocycles. The minimum Gasteiger partial charge on any atom is -0.484 e. The second-order valence-corrected chi connectivity index (χ2v) is 6.57. The predicted molar refractivity (Wildman–Crippen MR) is 92.0 cm³/mol. The summed E-state index contributed by atoms with van der Waals surface area (Å²) < 4.78 is 12.1. The van der Waals surface area contributed by atoms with Crippen LogP contribution in [-0.4, -0.2) is 46.6 Å². The molecule has 1 aromatic carbocycles. The number of hydrogen-bond acceptors (Lipinski definition) is 5. The van der Waals surface area contributed by atoms with Crippen molar-refractivity contribution in [3.8, 4) is 11.8 Å². The monoisotopic (exact) mass is 391 g/mol. The fraction of sp³-hybridized carbons (Fsp3) is 0.353. The van der Waals surface area contributed by atoms with Crippen LogP contribution in [0.5, 0.6) is 11.8 Å². The van der Waals surface area contributed by atoms with Gasteiger partial charge in [0, 0.05) is 25.4 Å². The SMILES string of the molecule is Cc1cccc(OCC(=O)N2CC[C@H](Oc3ncc(Br)cn3)C2)c1. The van der Waals surface area contributed by atoms with Gasteiger partial charge >= 0.3 is 6.01 Å². The van der Waals surface area contributed by atoms with Gasteiger partial charge in [-0.2, -0.15) is 0 Å². The lowest BCUT2D eigenvalue weighted by molar-refractivity contribution is -0.132. The van der Waals surface area contributed by atoms with Gasteiger partial charge in [0.25, 0.3) is 5.91 Å². The van der Waals surface area contributed by atoms with E-state index >= 15 is 0 Å². The number of carbonyl (C=O) groups excluding carboxylic acids is 1. The van der Waals surface area contributed by atoms with Gasteiger partial charge in [0.1, 0.15) is 11.9 Å². The number of aromatic nitrogens is 2. The van der Waals surface area contributed by atoms with Crippen molar-refractivity contribution >= 4 is 21.8 Å². The van der Waals surface area contributed by atoms with Gasteiger partial charge in [0.15, 0.2) is 6.61 Å². The summed E-state index contributed by atoms with van der Waals surface area (Å²) in [5.74, 6) is 0.665. The first kappa shape index (κ1) is 16.7. The van der Waals surface area contributed by atoms with Crippen molar-refractivity contribution in [3.05, 3.63) is 46.7 Å². The molecular formula is C17H18BrN3O3. The highest BCUT2D eigenvalue weighted by molar-refractivity contribution is 9.10. The lowest BCUT2D eigenvalue weighted by Gasteiger charge is -2.17. The van der Waals surface area contributed by atoms with Gasteiger partial charge < -0.3 is 14.4 Å². The number of aryl methyl sites for hydroxylation is 1. The number of benzene rings is 1. The van der Waals surface area contributed by atoms with Crippen molar-refractivity contribution in [2.45, 2.75) is 19.4 Å². The highest BCUT2D eigenvalue weighted by Gasteiger charge is 2.28. The molecule has 0 spiro atoms. The number of nitrogens with zero attached hydrogens (tertiary/aromatic N) is 3. The molecule has 1 amide bonds. The smallest absolute Gasteiger partial charge is 0.316 e. The second kappa shape index (κ2) is 7.61. The number of rotatable bonds is 5. The Bertz CT molecular complexity index is 708. The molecule has 1 fully saturated rings. The van der Waals surface area contributed by atoms with Crippen LogP contribution in [0.3, 0.4) is 0 Å². The molecule has 0 saturated carbocycles. The Morgan fingerprint density at radius 3 is 2.92 bits per heavy atom. The van der Waals surface area contributed by atoms with E-state index in [-0.39, 0.29) is 18.6 Å². The van der Waals surface area contributed by atoms with Crippen molar-refractivity contribution < 1.29 is 14.3 Å². The van der Waals surface area contributed by atoms with E-state index in [9.17, 15) is 4.79 Å². The maximum absolute atomic E-state index is 12.3. The summed E-state index contributed by atoms with van der Waals surface area (Å²) >= 11 is 3.28. The summed E-state index contributed by atoms with van der Waals surface area (Å²) in [4.78, 5) is 22.2. The van der Waals surface area contributed by atoms with Gasteiger partial charge in [0.05, 0.1) is 11.0 Å². The van der Waals surface area contributed by atoms with Crippen molar-refractivity contribution in [2.24, 2.45) is 0 Å². The van der Waals surface area contributed by atoms with Crippen LogP contribution in [0.15, 0.2) is 41.1 Å².